The van der Waals surface area contributed by atoms with Crippen LogP contribution in [0.25, 0.3) is 0 Å². The number of nitrogens with zero attached hydrogens (tertiary/aromatic N) is 4. The van der Waals surface area contributed by atoms with Crippen LogP contribution in [0.4, 0.5) is 11.4 Å². The SMILES string of the molecule is Cc1cccc(C(=O)Nc2ccccc2N2CCN(CCc3ccncc3)CC2)n1. The van der Waals surface area contributed by atoms with Crippen LogP contribution in [0, 0.1) is 6.92 Å². The molecule has 4 rings (SSSR count). The molecule has 0 aliphatic carbocycles. The molecule has 30 heavy (non-hydrogen) atoms. The summed E-state index contributed by atoms with van der Waals surface area (Å²) >= 11 is 0. The predicted octanol–water partition coefficient (Wildman–Crippen LogP) is 3.40. The van der Waals surface area contributed by atoms with Crippen LogP contribution in [-0.4, -0.2) is 53.5 Å². The molecule has 1 aliphatic rings. The highest BCUT2D eigenvalue weighted by Crippen LogP contribution is 2.27. The van der Waals surface area contributed by atoms with Gasteiger partial charge in [0.05, 0.1) is 11.4 Å². The van der Waals surface area contributed by atoms with Crippen LogP contribution in [0.1, 0.15) is 21.7 Å². The van der Waals surface area contributed by atoms with Gasteiger partial charge in [-0.05, 0) is 55.3 Å². The van der Waals surface area contributed by atoms with Crippen LogP contribution in [0.15, 0.2) is 67.0 Å². The lowest BCUT2D eigenvalue weighted by Gasteiger charge is -2.37. The fraction of sp³-hybridized carbons (Fsp3) is 0.292. The highest BCUT2D eigenvalue weighted by molar-refractivity contribution is 6.04. The van der Waals surface area contributed by atoms with E-state index in [1.54, 1.807) is 6.07 Å². The van der Waals surface area contributed by atoms with E-state index in [9.17, 15) is 4.79 Å². The number of hydrogen-bond acceptors (Lipinski definition) is 5. The number of hydrogen-bond donors (Lipinski definition) is 1. The summed E-state index contributed by atoms with van der Waals surface area (Å²) in [4.78, 5) is 25.9. The molecule has 0 spiro atoms. The van der Waals surface area contributed by atoms with Crippen molar-refractivity contribution >= 4 is 17.3 Å². The number of piperazine rings is 1. The Hall–Kier alpha value is -3.25. The standard InChI is InChI=1S/C24H27N5O/c1-19-5-4-7-22(26-19)24(30)27-21-6-2-3-8-23(21)29-17-15-28(16-18-29)14-11-20-9-12-25-13-10-20/h2-10,12-13H,11,14-18H2,1H3,(H,27,30). The fourth-order valence-corrected chi connectivity index (χ4v) is 3.76. The summed E-state index contributed by atoms with van der Waals surface area (Å²) < 4.78 is 0. The van der Waals surface area contributed by atoms with Gasteiger partial charge in [0.1, 0.15) is 5.69 Å². The summed E-state index contributed by atoms with van der Waals surface area (Å²) in [6.45, 7) is 6.83. The molecular formula is C24H27N5O. The third-order valence-electron chi connectivity index (χ3n) is 5.45. The third-order valence-corrected chi connectivity index (χ3v) is 5.45. The van der Waals surface area contributed by atoms with Gasteiger partial charge in [0, 0.05) is 50.8 Å². The van der Waals surface area contributed by atoms with Gasteiger partial charge in [-0.15, -0.1) is 0 Å². The van der Waals surface area contributed by atoms with Crippen LogP contribution >= 0.6 is 0 Å². The first-order valence-electron chi connectivity index (χ1n) is 10.4. The minimum atomic E-state index is -0.179. The Labute approximate surface area is 177 Å². The molecule has 154 valence electrons. The fourth-order valence-electron chi connectivity index (χ4n) is 3.76. The summed E-state index contributed by atoms with van der Waals surface area (Å²) in [5.74, 6) is -0.179. The maximum atomic E-state index is 12.7. The Balaban J connectivity index is 1.36. The number of carbonyl (C=O) groups is 1. The number of aromatic nitrogens is 2. The van der Waals surface area contributed by atoms with Gasteiger partial charge in [-0.25, -0.2) is 4.98 Å². The second kappa shape index (κ2) is 9.50. The van der Waals surface area contributed by atoms with E-state index in [0.717, 1.165) is 56.2 Å². The lowest BCUT2D eigenvalue weighted by molar-refractivity contribution is 0.102. The van der Waals surface area contributed by atoms with Crippen LogP contribution < -0.4 is 10.2 Å². The van der Waals surface area contributed by atoms with Crippen molar-refractivity contribution in [2.75, 3.05) is 42.9 Å². The smallest absolute Gasteiger partial charge is 0.274 e. The van der Waals surface area contributed by atoms with Gasteiger partial charge in [0.2, 0.25) is 0 Å². The Morgan fingerprint density at radius 2 is 1.73 bits per heavy atom. The number of nitrogens with one attached hydrogen (secondary N) is 1. The van der Waals surface area contributed by atoms with Crippen LogP contribution in [0.5, 0.6) is 0 Å². The summed E-state index contributed by atoms with van der Waals surface area (Å²) in [6.07, 6.45) is 4.74. The van der Waals surface area contributed by atoms with Crippen molar-refractivity contribution in [2.45, 2.75) is 13.3 Å². The van der Waals surface area contributed by atoms with E-state index in [4.69, 9.17) is 0 Å². The number of aryl methyl sites for hydroxylation is 1. The van der Waals surface area contributed by atoms with Crippen molar-refractivity contribution < 1.29 is 4.79 Å². The molecule has 1 saturated heterocycles. The van der Waals surface area contributed by atoms with Gasteiger partial charge in [-0.2, -0.15) is 0 Å². The van der Waals surface area contributed by atoms with E-state index in [-0.39, 0.29) is 5.91 Å². The second-order valence-corrected chi connectivity index (χ2v) is 7.57. The molecule has 0 radical (unpaired) electrons. The average Bonchev–Trinajstić information content (AvgIpc) is 2.79. The number of pyridine rings is 2. The average molecular weight is 402 g/mol. The number of amides is 1. The van der Waals surface area contributed by atoms with Crippen molar-refractivity contribution in [3.05, 3.63) is 83.9 Å². The summed E-state index contributed by atoms with van der Waals surface area (Å²) in [5.41, 5.74) is 4.48. The van der Waals surface area contributed by atoms with Crippen LogP contribution in [-0.2, 0) is 6.42 Å². The molecule has 2 aromatic heterocycles. The van der Waals surface area contributed by atoms with Crippen LogP contribution in [0.3, 0.4) is 0 Å². The lowest BCUT2D eigenvalue weighted by Crippen LogP contribution is -2.47. The molecule has 0 unspecified atom stereocenters. The molecule has 3 heterocycles. The van der Waals surface area contributed by atoms with Crippen molar-refractivity contribution in [1.29, 1.82) is 0 Å². The Kier molecular flexibility index (Phi) is 6.35. The van der Waals surface area contributed by atoms with Crippen molar-refractivity contribution in [1.82, 2.24) is 14.9 Å². The molecule has 1 fully saturated rings. The molecule has 6 heteroatoms. The van der Waals surface area contributed by atoms with Crippen LogP contribution in [0.2, 0.25) is 0 Å². The summed E-state index contributed by atoms with van der Waals surface area (Å²) in [5, 5.41) is 3.05. The normalized spacial score (nSPS) is 14.5. The molecule has 1 N–H and O–H groups in total. The van der Waals surface area contributed by atoms with Crippen molar-refractivity contribution in [2.24, 2.45) is 0 Å². The summed E-state index contributed by atoms with van der Waals surface area (Å²) in [6, 6.07) is 17.7. The molecule has 6 nitrogen and oxygen atoms in total. The first-order chi connectivity index (χ1) is 14.7. The zero-order chi connectivity index (χ0) is 20.8. The highest BCUT2D eigenvalue weighted by Gasteiger charge is 2.20. The third kappa shape index (κ3) is 5.02. The topological polar surface area (TPSA) is 61.4 Å². The molecule has 3 aromatic rings. The zero-order valence-electron chi connectivity index (χ0n) is 17.3. The molecule has 0 saturated carbocycles. The quantitative estimate of drug-likeness (QED) is 0.686. The van der Waals surface area contributed by atoms with Gasteiger partial charge in [-0.3, -0.25) is 14.7 Å². The maximum absolute atomic E-state index is 12.7. The van der Waals surface area contributed by atoms with Gasteiger partial charge >= 0.3 is 0 Å². The zero-order valence-corrected chi connectivity index (χ0v) is 17.3. The number of anilines is 2. The van der Waals surface area contributed by atoms with Gasteiger partial charge in [-0.1, -0.05) is 18.2 Å². The van der Waals surface area contributed by atoms with E-state index in [1.807, 2.05) is 49.6 Å². The number of para-hydroxylation sites is 2. The molecule has 0 bridgehead atoms. The van der Waals surface area contributed by atoms with Crippen molar-refractivity contribution in [3.63, 3.8) is 0 Å². The molecule has 1 amide bonds. The Morgan fingerprint density at radius 3 is 2.50 bits per heavy atom. The highest BCUT2D eigenvalue weighted by atomic mass is 16.1. The largest absolute Gasteiger partial charge is 0.367 e. The first-order valence-corrected chi connectivity index (χ1v) is 10.4. The van der Waals surface area contributed by atoms with Gasteiger partial charge in [0.25, 0.3) is 5.91 Å². The van der Waals surface area contributed by atoms with E-state index in [0.29, 0.717) is 5.69 Å². The first kappa shape index (κ1) is 20.0. The number of benzene rings is 1. The van der Waals surface area contributed by atoms with Gasteiger partial charge in [0.15, 0.2) is 0 Å². The van der Waals surface area contributed by atoms with E-state index < -0.39 is 0 Å². The van der Waals surface area contributed by atoms with E-state index in [2.05, 4.69) is 43.3 Å². The van der Waals surface area contributed by atoms with E-state index in [1.165, 1.54) is 5.56 Å². The number of rotatable bonds is 6. The van der Waals surface area contributed by atoms with E-state index >= 15 is 0 Å². The predicted molar refractivity (Wildman–Crippen MR) is 120 cm³/mol. The minimum absolute atomic E-state index is 0.179. The molecule has 1 aromatic carbocycles. The molecule has 0 atom stereocenters. The molecule has 1 aliphatic heterocycles. The lowest BCUT2D eigenvalue weighted by atomic mass is 10.1. The second-order valence-electron chi connectivity index (χ2n) is 7.57. The summed E-state index contributed by atoms with van der Waals surface area (Å²) in [7, 11) is 0. The minimum Gasteiger partial charge on any atom is -0.367 e. The Morgan fingerprint density at radius 1 is 0.967 bits per heavy atom. The monoisotopic (exact) mass is 401 g/mol. The molecular weight excluding hydrogens is 374 g/mol. The van der Waals surface area contributed by atoms with Crippen molar-refractivity contribution in [3.8, 4) is 0 Å². The Bertz CT molecular complexity index is 984. The van der Waals surface area contributed by atoms with Gasteiger partial charge < -0.3 is 10.2 Å². The number of carbonyl (C=O) groups excluding carboxylic acids is 1. The maximum Gasteiger partial charge on any atom is 0.274 e.